The number of carbonyl (C=O) groups is 2. The Bertz CT molecular complexity index is 1700. The van der Waals surface area contributed by atoms with Crippen LogP contribution in [0.25, 0.3) is 11.1 Å². The van der Waals surface area contributed by atoms with Crippen LogP contribution in [0.5, 0.6) is 5.75 Å². The molecular formula is C36H37NO7S. The molecule has 0 heterocycles. The number of carbonyl (C=O) groups excluding carboxylic acids is 2. The van der Waals surface area contributed by atoms with Gasteiger partial charge in [-0.3, -0.25) is 4.79 Å². The number of hydrogen-bond acceptors (Lipinski definition) is 7. The number of alkyl carbamates (subject to hydrolysis) is 1. The molecule has 0 saturated heterocycles. The first kappa shape index (κ1) is 31.8. The van der Waals surface area contributed by atoms with Crippen molar-refractivity contribution in [3.63, 3.8) is 0 Å². The molecule has 5 rings (SSSR count). The number of ether oxygens (including phenoxy) is 2. The molecule has 1 atom stereocenters. The highest BCUT2D eigenvalue weighted by Gasteiger charge is 2.29. The van der Waals surface area contributed by atoms with E-state index >= 15 is 0 Å². The van der Waals surface area contributed by atoms with E-state index in [1.54, 1.807) is 50.2 Å². The van der Waals surface area contributed by atoms with Gasteiger partial charge < -0.3 is 19.0 Å². The summed E-state index contributed by atoms with van der Waals surface area (Å²) in [6, 6.07) is 29.3. The van der Waals surface area contributed by atoms with Gasteiger partial charge in [0.05, 0.1) is 12.5 Å². The Kier molecular flexibility index (Phi) is 9.88. The molecule has 0 fully saturated rings. The number of fused-ring (bicyclic) bond motifs is 3. The summed E-state index contributed by atoms with van der Waals surface area (Å²) in [5.74, 6) is -0.546. The number of esters is 1. The van der Waals surface area contributed by atoms with Gasteiger partial charge in [0.25, 0.3) is 0 Å². The summed E-state index contributed by atoms with van der Waals surface area (Å²) in [4.78, 5) is 25.4. The molecule has 0 aromatic heterocycles. The third-order valence-electron chi connectivity index (χ3n) is 7.66. The number of benzene rings is 4. The van der Waals surface area contributed by atoms with Crippen LogP contribution in [0.2, 0.25) is 0 Å². The van der Waals surface area contributed by atoms with E-state index in [2.05, 4.69) is 29.6 Å². The molecule has 1 aliphatic carbocycles. The van der Waals surface area contributed by atoms with E-state index in [1.165, 1.54) is 12.1 Å². The van der Waals surface area contributed by atoms with E-state index in [4.69, 9.17) is 13.7 Å². The topological polar surface area (TPSA) is 108 Å². The van der Waals surface area contributed by atoms with Crippen LogP contribution < -0.4 is 9.50 Å². The molecule has 1 N–H and O–H groups in total. The van der Waals surface area contributed by atoms with E-state index in [9.17, 15) is 18.0 Å². The maximum atomic E-state index is 12.8. The lowest BCUT2D eigenvalue weighted by Crippen LogP contribution is -2.33. The monoisotopic (exact) mass is 627 g/mol. The molecule has 9 heteroatoms. The highest BCUT2D eigenvalue weighted by Crippen LogP contribution is 2.44. The van der Waals surface area contributed by atoms with Gasteiger partial charge in [0.1, 0.15) is 17.3 Å². The lowest BCUT2D eigenvalue weighted by atomic mass is 9.96. The van der Waals surface area contributed by atoms with Crippen molar-refractivity contribution in [3.05, 3.63) is 119 Å². The summed E-state index contributed by atoms with van der Waals surface area (Å²) in [6.07, 6.45) is -0.312. The first-order valence-electron chi connectivity index (χ1n) is 15.0. The van der Waals surface area contributed by atoms with E-state index in [1.807, 2.05) is 31.2 Å². The fourth-order valence-corrected chi connectivity index (χ4v) is 6.46. The van der Waals surface area contributed by atoms with Gasteiger partial charge in [-0.05, 0) is 85.2 Å². The van der Waals surface area contributed by atoms with Crippen molar-refractivity contribution in [1.29, 1.82) is 0 Å². The van der Waals surface area contributed by atoms with Crippen molar-refractivity contribution in [2.75, 3.05) is 13.2 Å². The van der Waals surface area contributed by atoms with E-state index in [0.717, 1.165) is 33.4 Å². The summed E-state index contributed by atoms with van der Waals surface area (Å²) in [5.41, 5.74) is 6.33. The van der Waals surface area contributed by atoms with Gasteiger partial charge in [0.2, 0.25) is 0 Å². The summed E-state index contributed by atoms with van der Waals surface area (Å²) in [5, 5.41) is 2.83. The van der Waals surface area contributed by atoms with Crippen LogP contribution in [0.1, 0.15) is 48.4 Å². The van der Waals surface area contributed by atoms with Gasteiger partial charge in [-0.1, -0.05) is 78.4 Å². The number of aryl methyl sites for hydroxylation is 1. The first-order valence-corrected chi connectivity index (χ1v) is 16.4. The molecule has 234 valence electrons. The van der Waals surface area contributed by atoms with Crippen LogP contribution in [-0.4, -0.2) is 39.7 Å². The molecule has 1 aliphatic rings. The Balaban J connectivity index is 1.20. The highest BCUT2D eigenvalue weighted by atomic mass is 32.2. The highest BCUT2D eigenvalue weighted by molar-refractivity contribution is 7.87. The Hall–Kier alpha value is -4.63. The number of nitrogens with one attached hydrogen (secondary N) is 1. The number of rotatable bonds is 12. The fraction of sp³-hybridized carbons (Fsp3) is 0.278. The normalized spacial score (nSPS) is 13.1. The zero-order valence-electron chi connectivity index (χ0n) is 25.6. The minimum absolute atomic E-state index is 0.0597. The zero-order valence-corrected chi connectivity index (χ0v) is 26.4. The maximum Gasteiger partial charge on any atom is 0.407 e. The van der Waals surface area contributed by atoms with Crippen molar-refractivity contribution < 1.29 is 31.7 Å². The molecule has 4 aromatic carbocycles. The van der Waals surface area contributed by atoms with Gasteiger partial charge in [-0.2, -0.15) is 8.42 Å². The zero-order chi connectivity index (χ0) is 32.0. The lowest BCUT2D eigenvalue weighted by molar-refractivity contribution is -0.148. The Morgan fingerprint density at radius 3 is 2.02 bits per heavy atom. The molecule has 45 heavy (non-hydrogen) atoms. The van der Waals surface area contributed by atoms with Crippen molar-refractivity contribution in [2.45, 2.75) is 50.5 Å². The van der Waals surface area contributed by atoms with Crippen LogP contribution in [0.4, 0.5) is 4.79 Å². The van der Waals surface area contributed by atoms with Crippen molar-refractivity contribution in [3.8, 4) is 16.9 Å². The third kappa shape index (κ3) is 8.10. The molecule has 1 unspecified atom stereocenters. The molecule has 0 bridgehead atoms. The molecule has 1 amide bonds. The molecule has 4 aromatic rings. The van der Waals surface area contributed by atoms with Crippen molar-refractivity contribution in [2.24, 2.45) is 5.92 Å². The van der Waals surface area contributed by atoms with Crippen LogP contribution in [0, 0.1) is 12.8 Å². The largest absolute Gasteiger partial charge is 0.463 e. The molecule has 0 aliphatic heterocycles. The van der Waals surface area contributed by atoms with Gasteiger partial charge in [0, 0.05) is 12.5 Å². The van der Waals surface area contributed by atoms with Crippen molar-refractivity contribution >= 4 is 22.2 Å². The van der Waals surface area contributed by atoms with Gasteiger partial charge in [-0.25, -0.2) is 4.79 Å². The second-order valence-corrected chi connectivity index (χ2v) is 13.1. The standard InChI is InChI=1S/C36H37NO7S/c1-24(2)43-35(38)21-27(20-26-14-16-28(17-15-26)44-45(40,41)29-18-12-25(3)13-19-29)22-37-36(39)42-23-34-32-10-6-4-8-30(32)31-9-5-7-11-33(31)34/h4-19,24,27,34H,20-23H2,1-3H3,(H,37,39). The SMILES string of the molecule is Cc1ccc(S(=O)(=O)Oc2ccc(CC(CNC(=O)OCC3c4ccccc4-c4ccccc43)CC(=O)OC(C)C)cc2)cc1. The molecule has 8 nitrogen and oxygen atoms in total. The summed E-state index contributed by atoms with van der Waals surface area (Å²) >= 11 is 0. The minimum Gasteiger partial charge on any atom is -0.463 e. The number of hydrogen-bond donors (Lipinski definition) is 1. The molecule has 0 spiro atoms. The second-order valence-electron chi connectivity index (χ2n) is 11.5. The van der Waals surface area contributed by atoms with Crippen LogP contribution in [-0.2, 0) is 30.8 Å². The molecular weight excluding hydrogens is 590 g/mol. The minimum atomic E-state index is -3.98. The van der Waals surface area contributed by atoms with Crippen LogP contribution in [0.15, 0.2) is 102 Å². The average molecular weight is 628 g/mol. The predicted molar refractivity (Wildman–Crippen MR) is 172 cm³/mol. The second kappa shape index (κ2) is 14.0. The molecule has 0 saturated carbocycles. The first-order chi connectivity index (χ1) is 21.6. The Labute approximate surface area is 264 Å². The lowest BCUT2D eigenvalue weighted by Gasteiger charge is -2.19. The van der Waals surface area contributed by atoms with Gasteiger partial charge >= 0.3 is 22.2 Å². The summed E-state index contributed by atoms with van der Waals surface area (Å²) in [7, 11) is -3.98. The van der Waals surface area contributed by atoms with Crippen molar-refractivity contribution in [1.82, 2.24) is 5.32 Å². The Morgan fingerprint density at radius 1 is 0.822 bits per heavy atom. The third-order valence-corrected chi connectivity index (χ3v) is 8.93. The fourth-order valence-electron chi connectivity index (χ4n) is 5.53. The van der Waals surface area contributed by atoms with Gasteiger partial charge in [-0.15, -0.1) is 0 Å². The number of amides is 1. The van der Waals surface area contributed by atoms with Crippen LogP contribution >= 0.6 is 0 Å². The average Bonchev–Trinajstić information content (AvgIpc) is 3.33. The predicted octanol–water partition coefficient (Wildman–Crippen LogP) is 6.80. The van der Waals surface area contributed by atoms with E-state index in [0.29, 0.717) is 6.42 Å². The maximum absolute atomic E-state index is 12.8. The quantitative estimate of drug-likeness (QED) is 0.136. The van der Waals surface area contributed by atoms with E-state index < -0.39 is 16.2 Å². The van der Waals surface area contributed by atoms with Gasteiger partial charge in [0.15, 0.2) is 0 Å². The van der Waals surface area contributed by atoms with E-state index in [-0.39, 0.29) is 54.1 Å². The Morgan fingerprint density at radius 2 is 1.42 bits per heavy atom. The summed E-state index contributed by atoms with van der Waals surface area (Å²) < 4.78 is 41.7. The molecule has 0 radical (unpaired) electrons. The summed E-state index contributed by atoms with van der Waals surface area (Å²) in [6.45, 7) is 5.81. The smallest absolute Gasteiger partial charge is 0.407 e. The van der Waals surface area contributed by atoms with Crippen LogP contribution in [0.3, 0.4) is 0 Å².